The Balaban J connectivity index is 3.74. The van der Waals surface area contributed by atoms with E-state index in [2.05, 4.69) is 26.1 Å². The SMILES string of the molecule is CC(CCCS(=O)(=O)C(C)C)CNC(C)C. The highest BCUT2D eigenvalue weighted by atomic mass is 32.2. The second kappa shape index (κ2) is 7.28. The second-order valence-electron chi connectivity index (χ2n) is 5.23. The first-order valence-corrected chi connectivity index (χ1v) is 7.92. The Morgan fingerprint density at radius 1 is 1.06 bits per heavy atom. The molecule has 0 fully saturated rings. The van der Waals surface area contributed by atoms with E-state index in [1.165, 1.54) is 0 Å². The van der Waals surface area contributed by atoms with Crippen molar-refractivity contribution in [2.24, 2.45) is 5.92 Å². The Kier molecular flexibility index (Phi) is 7.24. The first kappa shape index (κ1) is 15.9. The molecule has 0 amide bonds. The fraction of sp³-hybridized carbons (Fsp3) is 1.00. The van der Waals surface area contributed by atoms with Gasteiger partial charge in [-0.1, -0.05) is 20.8 Å². The molecule has 0 aromatic rings. The Hall–Kier alpha value is -0.0900. The monoisotopic (exact) mass is 249 g/mol. The number of hydrogen-bond donors (Lipinski definition) is 1. The molecule has 0 saturated heterocycles. The summed E-state index contributed by atoms with van der Waals surface area (Å²) in [4.78, 5) is 0. The molecule has 1 N–H and O–H groups in total. The molecule has 0 aromatic carbocycles. The van der Waals surface area contributed by atoms with Crippen LogP contribution in [0.3, 0.4) is 0 Å². The molecule has 0 radical (unpaired) electrons. The zero-order valence-corrected chi connectivity index (χ0v) is 12.1. The van der Waals surface area contributed by atoms with Crippen molar-refractivity contribution in [1.29, 1.82) is 0 Å². The summed E-state index contributed by atoms with van der Waals surface area (Å²) >= 11 is 0. The molecule has 0 aromatic heterocycles. The van der Waals surface area contributed by atoms with E-state index in [9.17, 15) is 8.42 Å². The predicted octanol–water partition coefficient (Wildman–Crippen LogP) is 2.22. The predicted molar refractivity (Wildman–Crippen MR) is 70.5 cm³/mol. The molecule has 0 rings (SSSR count). The standard InChI is InChI=1S/C12H27NO2S/c1-10(2)13-9-12(5)7-6-8-16(14,15)11(3)4/h10-13H,6-9H2,1-5H3. The lowest BCUT2D eigenvalue weighted by Gasteiger charge is -2.15. The number of sulfone groups is 1. The van der Waals surface area contributed by atoms with Gasteiger partial charge in [0.25, 0.3) is 0 Å². The third kappa shape index (κ3) is 7.23. The summed E-state index contributed by atoms with van der Waals surface area (Å²) in [5.41, 5.74) is 0. The molecular formula is C12H27NO2S. The summed E-state index contributed by atoms with van der Waals surface area (Å²) in [6.07, 6.45) is 1.76. The van der Waals surface area contributed by atoms with Crippen LogP contribution in [0.4, 0.5) is 0 Å². The van der Waals surface area contributed by atoms with Crippen molar-refractivity contribution in [1.82, 2.24) is 5.32 Å². The molecule has 98 valence electrons. The van der Waals surface area contributed by atoms with Crippen LogP contribution in [0.2, 0.25) is 0 Å². The van der Waals surface area contributed by atoms with Gasteiger partial charge in [0.05, 0.1) is 11.0 Å². The van der Waals surface area contributed by atoms with Crippen molar-refractivity contribution in [3.63, 3.8) is 0 Å². The van der Waals surface area contributed by atoms with E-state index in [4.69, 9.17) is 0 Å². The van der Waals surface area contributed by atoms with Gasteiger partial charge >= 0.3 is 0 Å². The minimum Gasteiger partial charge on any atom is -0.314 e. The fourth-order valence-electron chi connectivity index (χ4n) is 1.41. The summed E-state index contributed by atoms with van der Waals surface area (Å²) in [6.45, 7) is 10.9. The van der Waals surface area contributed by atoms with Gasteiger partial charge in [-0.15, -0.1) is 0 Å². The lowest BCUT2D eigenvalue weighted by atomic mass is 10.1. The minimum absolute atomic E-state index is 0.239. The van der Waals surface area contributed by atoms with Crippen LogP contribution >= 0.6 is 0 Å². The van der Waals surface area contributed by atoms with E-state index in [1.54, 1.807) is 13.8 Å². The molecule has 0 aliphatic rings. The van der Waals surface area contributed by atoms with E-state index in [0.717, 1.165) is 19.4 Å². The summed E-state index contributed by atoms with van der Waals surface area (Å²) in [5.74, 6) is 0.876. The molecule has 4 heteroatoms. The maximum absolute atomic E-state index is 11.6. The highest BCUT2D eigenvalue weighted by Gasteiger charge is 2.15. The molecular weight excluding hydrogens is 222 g/mol. The second-order valence-corrected chi connectivity index (χ2v) is 7.90. The summed E-state index contributed by atoms with van der Waals surface area (Å²) in [7, 11) is -2.85. The average molecular weight is 249 g/mol. The van der Waals surface area contributed by atoms with Crippen LogP contribution in [-0.4, -0.2) is 32.0 Å². The van der Waals surface area contributed by atoms with Gasteiger partial charge in [-0.25, -0.2) is 8.42 Å². The fourth-order valence-corrected chi connectivity index (χ4v) is 2.45. The van der Waals surface area contributed by atoms with Crippen molar-refractivity contribution in [2.45, 2.75) is 58.8 Å². The molecule has 0 aliphatic heterocycles. The maximum Gasteiger partial charge on any atom is 0.152 e. The Morgan fingerprint density at radius 2 is 1.62 bits per heavy atom. The third-order valence-corrected chi connectivity index (χ3v) is 5.01. The van der Waals surface area contributed by atoms with E-state index in [0.29, 0.717) is 17.7 Å². The topological polar surface area (TPSA) is 46.2 Å². The first-order chi connectivity index (χ1) is 7.25. The van der Waals surface area contributed by atoms with Crippen LogP contribution < -0.4 is 5.32 Å². The van der Waals surface area contributed by atoms with Crippen molar-refractivity contribution >= 4 is 9.84 Å². The third-order valence-electron chi connectivity index (χ3n) is 2.72. The normalized spacial score (nSPS) is 14.7. The van der Waals surface area contributed by atoms with Gasteiger partial charge in [0.1, 0.15) is 0 Å². The van der Waals surface area contributed by atoms with Gasteiger partial charge in [-0.3, -0.25) is 0 Å². The zero-order valence-electron chi connectivity index (χ0n) is 11.3. The molecule has 0 heterocycles. The first-order valence-electron chi connectivity index (χ1n) is 6.20. The molecule has 1 atom stereocenters. The Bertz CT molecular complexity index is 271. The Labute approximate surface area is 101 Å². The van der Waals surface area contributed by atoms with E-state index in [-0.39, 0.29) is 5.25 Å². The highest BCUT2D eigenvalue weighted by molar-refractivity contribution is 7.91. The largest absolute Gasteiger partial charge is 0.314 e. The molecule has 0 saturated carbocycles. The van der Waals surface area contributed by atoms with Crippen LogP contribution in [0.15, 0.2) is 0 Å². The lowest BCUT2D eigenvalue weighted by Crippen LogP contribution is -2.28. The average Bonchev–Trinajstić information content (AvgIpc) is 2.14. The van der Waals surface area contributed by atoms with Crippen LogP contribution in [-0.2, 0) is 9.84 Å². The number of hydrogen-bond acceptors (Lipinski definition) is 3. The van der Waals surface area contributed by atoms with Crippen LogP contribution in [0.1, 0.15) is 47.5 Å². The molecule has 0 bridgehead atoms. The van der Waals surface area contributed by atoms with E-state index < -0.39 is 9.84 Å². The van der Waals surface area contributed by atoms with E-state index in [1.807, 2.05) is 0 Å². The lowest BCUT2D eigenvalue weighted by molar-refractivity contribution is 0.449. The Morgan fingerprint density at radius 3 is 2.06 bits per heavy atom. The van der Waals surface area contributed by atoms with Gasteiger partial charge < -0.3 is 5.32 Å². The molecule has 0 spiro atoms. The van der Waals surface area contributed by atoms with Crippen molar-refractivity contribution in [3.8, 4) is 0 Å². The molecule has 1 unspecified atom stereocenters. The summed E-state index contributed by atoms with van der Waals surface area (Å²) < 4.78 is 23.1. The van der Waals surface area contributed by atoms with Crippen molar-refractivity contribution < 1.29 is 8.42 Å². The van der Waals surface area contributed by atoms with Gasteiger partial charge in [0.2, 0.25) is 0 Å². The smallest absolute Gasteiger partial charge is 0.152 e. The summed E-state index contributed by atoms with van der Waals surface area (Å²) in [5, 5.41) is 3.13. The molecule has 3 nitrogen and oxygen atoms in total. The molecule has 0 aliphatic carbocycles. The van der Waals surface area contributed by atoms with Gasteiger partial charge in [-0.2, -0.15) is 0 Å². The molecule has 16 heavy (non-hydrogen) atoms. The van der Waals surface area contributed by atoms with Crippen LogP contribution in [0.25, 0.3) is 0 Å². The minimum atomic E-state index is -2.85. The van der Waals surface area contributed by atoms with Crippen LogP contribution in [0.5, 0.6) is 0 Å². The maximum atomic E-state index is 11.6. The van der Waals surface area contributed by atoms with Crippen molar-refractivity contribution in [2.75, 3.05) is 12.3 Å². The van der Waals surface area contributed by atoms with Gasteiger partial charge in [0, 0.05) is 6.04 Å². The van der Waals surface area contributed by atoms with E-state index >= 15 is 0 Å². The van der Waals surface area contributed by atoms with Gasteiger partial charge in [0.15, 0.2) is 9.84 Å². The van der Waals surface area contributed by atoms with Crippen molar-refractivity contribution in [3.05, 3.63) is 0 Å². The highest BCUT2D eigenvalue weighted by Crippen LogP contribution is 2.09. The quantitative estimate of drug-likeness (QED) is 0.717. The zero-order chi connectivity index (χ0) is 12.8. The number of nitrogens with one attached hydrogen (secondary N) is 1. The number of rotatable bonds is 8. The summed E-state index contributed by atoms with van der Waals surface area (Å²) in [6, 6.07) is 0.502. The van der Waals surface area contributed by atoms with Gasteiger partial charge in [-0.05, 0) is 39.2 Å². The van der Waals surface area contributed by atoms with Crippen LogP contribution in [0, 0.1) is 5.92 Å².